The number of hydrogen-bond acceptors (Lipinski definition) is 5. The van der Waals surface area contributed by atoms with Crippen LogP contribution in [0.3, 0.4) is 0 Å². The smallest absolute Gasteiger partial charge is 0.335 e. The van der Waals surface area contributed by atoms with E-state index in [4.69, 9.17) is 9.84 Å². The van der Waals surface area contributed by atoms with Crippen molar-refractivity contribution in [3.63, 3.8) is 0 Å². The third-order valence-corrected chi connectivity index (χ3v) is 4.83. The third-order valence-electron chi connectivity index (χ3n) is 4.83. The molecule has 2 aromatic carbocycles. The molecule has 0 unspecified atom stereocenters. The SMILES string of the molecule is COc1ccccc1C1CCN(c2ccc(C(=O)O)cc2[N+](=O)[O-])CC1. The van der Waals surface area contributed by atoms with Crippen molar-refractivity contribution in [1.82, 2.24) is 0 Å². The van der Waals surface area contributed by atoms with E-state index >= 15 is 0 Å². The molecule has 0 amide bonds. The summed E-state index contributed by atoms with van der Waals surface area (Å²) in [7, 11) is 1.65. The van der Waals surface area contributed by atoms with Gasteiger partial charge in [0.15, 0.2) is 0 Å². The molecule has 0 bridgehead atoms. The predicted molar refractivity (Wildman–Crippen MR) is 97.2 cm³/mol. The molecule has 1 fully saturated rings. The van der Waals surface area contributed by atoms with Gasteiger partial charge in [0, 0.05) is 19.2 Å². The summed E-state index contributed by atoms with van der Waals surface area (Å²) < 4.78 is 5.44. The Labute approximate surface area is 151 Å². The van der Waals surface area contributed by atoms with E-state index in [0.717, 1.165) is 30.2 Å². The summed E-state index contributed by atoms with van der Waals surface area (Å²) in [6.07, 6.45) is 1.69. The number of anilines is 1. The van der Waals surface area contributed by atoms with Gasteiger partial charge in [-0.2, -0.15) is 0 Å². The molecule has 3 rings (SSSR count). The first-order chi connectivity index (χ1) is 12.5. The van der Waals surface area contributed by atoms with Gasteiger partial charge in [-0.25, -0.2) is 4.79 Å². The van der Waals surface area contributed by atoms with Crippen molar-refractivity contribution < 1.29 is 19.6 Å². The minimum Gasteiger partial charge on any atom is -0.496 e. The molecule has 0 aliphatic carbocycles. The van der Waals surface area contributed by atoms with Crippen molar-refractivity contribution in [1.29, 1.82) is 0 Å². The largest absolute Gasteiger partial charge is 0.496 e. The molecular weight excluding hydrogens is 336 g/mol. The average Bonchev–Trinajstić information content (AvgIpc) is 2.67. The molecule has 1 heterocycles. The van der Waals surface area contributed by atoms with Gasteiger partial charge in [0.25, 0.3) is 5.69 Å². The van der Waals surface area contributed by atoms with Gasteiger partial charge in [-0.15, -0.1) is 0 Å². The van der Waals surface area contributed by atoms with E-state index in [1.807, 2.05) is 23.1 Å². The lowest BCUT2D eigenvalue weighted by Gasteiger charge is -2.34. The Balaban J connectivity index is 1.80. The van der Waals surface area contributed by atoms with Crippen molar-refractivity contribution in [2.45, 2.75) is 18.8 Å². The van der Waals surface area contributed by atoms with Crippen LogP contribution >= 0.6 is 0 Å². The van der Waals surface area contributed by atoms with Gasteiger partial charge in [0.1, 0.15) is 11.4 Å². The fourth-order valence-electron chi connectivity index (χ4n) is 3.51. The van der Waals surface area contributed by atoms with Crippen LogP contribution in [0.2, 0.25) is 0 Å². The minimum absolute atomic E-state index is 0.0793. The second-order valence-electron chi connectivity index (χ2n) is 6.27. The summed E-state index contributed by atoms with van der Waals surface area (Å²) in [6.45, 7) is 1.33. The average molecular weight is 356 g/mol. The summed E-state index contributed by atoms with van der Waals surface area (Å²) in [5.41, 5.74) is 1.38. The Morgan fingerprint density at radius 2 is 1.92 bits per heavy atom. The molecule has 1 aliphatic rings. The number of rotatable bonds is 5. The van der Waals surface area contributed by atoms with Crippen LogP contribution in [0.25, 0.3) is 0 Å². The maximum absolute atomic E-state index is 11.4. The van der Waals surface area contributed by atoms with Crippen molar-refractivity contribution >= 4 is 17.3 Å². The van der Waals surface area contributed by atoms with E-state index in [2.05, 4.69) is 6.07 Å². The molecule has 7 nitrogen and oxygen atoms in total. The van der Waals surface area contributed by atoms with Gasteiger partial charge in [-0.05, 0) is 42.5 Å². The zero-order chi connectivity index (χ0) is 18.7. The van der Waals surface area contributed by atoms with E-state index in [0.29, 0.717) is 24.7 Å². The van der Waals surface area contributed by atoms with Crippen LogP contribution in [0.15, 0.2) is 42.5 Å². The number of piperidine rings is 1. The minimum atomic E-state index is -1.17. The topological polar surface area (TPSA) is 92.9 Å². The summed E-state index contributed by atoms with van der Waals surface area (Å²) in [5, 5.41) is 20.4. The number of nitro benzene ring substituents is 1. The summed E-state index contributed by atoms with van der Waals surface area (Å²) in [5.74, 6) is 0.0250. The first-order valence-corrected chi connectivity index (χ1v) is 8.41. The van der Waals surface area contributed by atoms with Gasteiger partial charge in [0.05, 0.1) is 17.6 Å². The van der Waals surface area contributed by atoms with E-state index < -0.39 is 10.9 Å². The molecule has 0 saturated carbocycles. The summed E-state index contributed by atoms with van der Waals surface area (Å²) in [6, 6.07) is 12.0. The number of carbonyl (C=O) groups is 1. The van der Waals surface area contributed by atoms with Crippen LogP contribution in [0.1, 0.15) is 34.7 Å². The number of benzene rings is 2. The van der Waals surface area contributed by atoms with Crippen molar-refractivity contribution in [3.05, 3.63) is 63.7 Å². The van der Waals surface area contributed by atoms with Crippen molar-refractivity contribution in [3.8, 4) is 5.75 Å². The van der Waals surface area contributed by atoms with Crippen LogP contribution in [0.5, 0.6) is 5.75 Å². The summed E-state index contributed by atoms with van der Waals surface area (Å²) >= 11 is 0. The van der Waals surface area contributed by atoms with Gasteiger partial charge >= 0.3 is 5.97 Å². The second kappa shape index (κ2) is 7.43. The van der Waals surface area contributed by atoms with E-state index in [-0.39, 0.29) is 11.3 Å². The highest BCUT2D eigenvalue weighted by molar-refractivity contribution is 5.89. The maximum Gasteiger partial charge on any atom is 0.335 e. The number of ether oxygens (including phenoxy) is 1. The zero-order valence-corrected chi connectivity index (χ0v) is 14.4. The van der Waals surface area contributed by atoms with Gasteiger partial charge in [0.2, 0.25) is 0 Å². The first kappa shape index (κ1) is 17.7. The Morgan fingerprint density at radius 1 is 1.23 bits per heavy atom. The predicted octanol–water partition coefficient (Wildman–Crippen LogP) is 3.69. The Morgan fingerprint density at radius 3 is 2.54 bits per heavy atom. The monoisotopic (exact) mass is 356 g/mol. The molecule has 1 aliphatic heterocycles. The number of hydrogen-bond donors (Lipinski definition) is 1. The summed E-state index contributed by atoms with van der Waals surface area (Å²) in [4.78, 5) is 23.9. The van der Waals surface area contributed by atoms with Gasteiger partial charge < -0.3 is 14.7 Å². The number of para-hydroxylation sites is 1. The molecule has 26 heavy (non-hydrogen) atoms. The van der Waals surface area contributed by atoms with Crippen LogP contribution in [0, 0.1) is 10.1 Å². The van der Waals surface area contributed by atoms with Crippen molar-refractivity contribution in [2.24, 2.45) is 0 Å². The number of carboxylic acid groups (broad SMARTS) is 1. The Hall–Kier alpha value is -3.09. The fourth-order valence-corrected chi connectivity index (χ4v) is 3.51. The third kappa shape index (κ3) is 3.46. The fraction of sp³-hybridized carbons (Fsp3) is 0.316. The van der Waals surface area contributed by atoms with Crippen LogP contribution < -0.4 is 9.64 Å². The lowest BCUT2D eigenvalue weighted by atomic mass is 9.88. The quantitative estimate of drug-likeness (QED) is 0.649. The molecule has 136 valence electrons. The highest BCUT2D eigenvalue weighted by Crippen LogP contribution is 2.37. The number of nitrogens with zero attached hydrogens (tertiary/aromatic N) is 2. The molecular formula is C19H20N2O5. The molecule has 7 heteroatoms. The van der Waals surface area contributed by atoms with E-state index in [1.54, 1.807) is 7.11 Å². The van der Waals surface area contributed by atoms with Crippen LogP contribution in [0.4, 0.5) is 11.4 Å². The van der Waals surface area contributed by atoms with Crippen LogP contribution in [-0.4, -0.2) is 36.2 Å². The first-order valence-electron chi connectivity index (χ1n) is 8.41. The van der Waals surface area contributed by atoms with Gasteiger partial charge in [-0.1, -0.05) is 18.2 Å². The lowest BCUT2D eigenvalue weighted by Crippen LogP contribution is -2.33. The second-order valence-corrected chi connectivity index (χ2v) is 6.27. The van der Waals surface area contributed by atoms with E-state index in [1.165, 1.54) is 12.1 Å². The number of methoxy groups -OCH3 is 1. The molecule has 2 aromatic rings. The number of carboxylic acids is 1. The normalized spacial score (nSPS) is 14.9. The molecule has 0 spiro atoms. The highest BCUT2D eigenvalue weighted by Gasteiger charge is 2.27. The Bertz CT molecular complexity index is 828. The maximum atomic E-state index is 11.4. The van der Waals surface area contributed by atoms with Crippen molar-refractivity contribution in [2.75, 3.05) is 25.1 Å². The molecule has 1 N–H and O–H groups in total. The standard InChI is InChI=1S/C19H20N2O5/c1-26-18-5-3-2-4-15(18)13-8-10-20(11-9-13)16-7-6-14(19(22)23)12-17(16)21(24)25/h2-7,12-13H,8-11H2,1H3,(H,22,23). The molecule has 1 saturated heterocycles. The number of aromatic carboxylic acids is 1. The Kier molecular flexibility index (Phi) is 5.06. The zero-order valence-electron chi connectivity index (χ0n) is 14.4. The highest BCUT2D eigenvalue weighted by atomic mass is 16.6. The van der Waals surface area contributed by atoms with E-state index in [9.17, 15) is 14.9 Å². The molecule has 0 radical (unpaired) electrons. The number of nitro groups is 1. The van der Waals surface area contributed by atoms with Crippen LogP contribution in [-0.2, 0) is 0 Å². The molecule has 0 aromatic heterocycles. The lowest BCUT2D eigenvalue weighted by molar-refractivity contribution is -0.384. The molecule has 0 atom stereocenters. The van der Waals surface area contributed by atoms with Gasteiger partial charge in [-0.3, -0.25) is 10.1 Å².